The van der Waals surface area contributed by atoms with Crippen LogP contribution in [0.15, 0.2) is 54.7 Å². The third-order valence-electron chi connectivity index (χ3n) is 5.20. The Bertz CT molecular complexity index is 1070. The SMILES string of the molecule is CN(C)[C@@H](CNC(=O)/C=C/c1ccc2c(c1)OCO2)c1cn(C)c2ccccc12. The number of nitrogens with zero attached hydrogens (tertiary/aromatic N) is 2. The van der Waals surface area contributed by atoms with Crippen molar-refractivity contribution in [3.05, 3.63) is 65.9 Å². The van der Waals surface area contributed by atoms with Gasteiger partial charge in [-0.1, -0.05) is 24.3 Å². The molecule has 2 heterocycles. The van der Waals surface area contributed by atoms with Crippen molar-refractivity contribution in [2.24, 2.45) is 7.05 Å². The van der Waals surface area contributed by atoms with Crippen LogP contribution >= 0.6 is 0 Å². The van der Waals surface area contributed by atoms with E-state index in [1.165, 1.54) is 16.5 Å². The molecule has 0 unspecified atom stereocenters. The Morgan fingerprint density at radius 3 is 2.83 bits per heavy atom. The molecule has 0 spiro atoms. The van der Waals surface area contributed by atoms with Gasteiger partial charge in [0.25, 0.3) is 0 Å². The second-order valence-corrected chi connectivity index (χ2v) is 7.38. The van der Waals surface area contributed by atoms with Gasteiger partial charge in [-0.2, -0.15) is 0 Å². The van der Waals surface area contributed by atoms with E-state index in [9.17, 15) is 4.79 Å². The fraction of sp³-hybridized carbons (Fsp3) is 0.261. The van der Waals surface area contributed by atoms with Gasteiger partial charge < -0.3 is 24.3 Å². The van der Waals surface area contributed by atoms with Gasteiger partial charge in [0.2, 0.25) is 12.7 Å². The number of carbonyl (C=O) groups excluding carboxylic acids is 1. The van der Waals surface area contributed by atoms with Crippen molar-refractivity contribution in [1.82, 2.24) is 14.8 Å². The van der Waals surface area contributed by atoms with Crippen LogP contribution in [0.25, 0.3) is 17.0 Å². The van der Waals surface area contributed by atoms with Crippen LogP contribution in [0.3, 0.4) is 0 Å². The van der Waals surface area contributed by atoms with Crippen molar-refractivity contribution in [3.8, 4) is 11.5 Å². The molecule has 1 amide bonds. The van der Waals surface area contributed by atoms with E-state index in [0.29, 0.717) is 12.3 Å². The van der Waals surface area contributed by atoms with E-state index in [2.05, 4.69) is 33.1 Å². The summed E-state index contributed by atoms with van der Waals surface area (Å²) in [6.07, 6.45) is 5.47. The van der Waals surface area contributed by atoms with E-state index >= 15 is 0 Å². The summed E-state index contributed by atoms with van der Waals surface area (Å²) in [6, 6.07) is 14.0. The lowest BCUT2D eigenvalue weighted by Crippen LogP contribution is -2.33. The Balaban J connectivity index is 1.45. The highest BCUT2D eigenvalue weighted by atomic mass is 16.7. The Morgan fingerprint density at radius 1 is 1.21 bits per heavy atom. The largest absolute Gasteiger partial charge is 0.454 e. The third kappa shape index (κ3) is 3.98. The molecular weight excluding hydrogens is 366 g/mol. The lowest BCUT2D eigenvalue weighted by molar-refractivity contribution is -0.116. The highest BCUT2D eigenvalue weighted by molar-refractivity contribution is 5.92. The number of likely N-dealkylation sites (N-methyl/N-ethyl adjacent to an activating group) is 1. The van der Waals surface area contributed by atoms with E-state index < -0.39 is 0 Å². The number of para-hydroxylation sites is 1. The molecule has 1 aromatic heterocycles. The fourth-order valence-electron chi connectivity index (χ4n) is 3.65. The highest BCUT2D eigenvalue weighted by Gasteiger charge is 2.19. The summed E-state index contributed by atoms with van der Waals surface area (Å²) in [5.41, 5.74) is 3.28. The molecule has 150 valence electrons. The van der Waals surface area contributed by atoms with E-state index in [-0.39, 0.29) is 18.7 Å². The van der Waals surface area contributed by atoms with Crippen LogP contribution in [0.5, 0.6) is 11.5 Å². The summed E-state index contributed by atoms with van der Waals surface area (Å²) in [6.45, 7) is 0.758. The molecule has 0 aliphatic carbocycles. The summed E-state index contributed by atoms with van der Waals surface area (Å²) in [5.74, 6) is 1.31. The molecule has 2 aromatic carbocycles. The lowest BCUT2D eigenvalue weighted by atomic mass is 10.0. The van der Waals surface area contributed by atoms with Crippen LogP contribution in [0, 0.1) is 0 Å². The molecule has 0 saturated carbocycles. The van der Waals surface area contributed by atoms with Gasteiger partial charge in [0.1, 0.15) is 0 Å². The first-order chi connectivity index (χ1) is 14.0. The molecule has 0 saturated heterocycles. The van der Waals surface area contributed by atoms with Gasteiger partial charge in [0, 0.05) is 36.8 Å². The van der Waals surface area contributed by atoms with Gasteiger partial charge in [-0.15, -0.1) is 0 Å². The minimum atomic E-state index is -0.130. The minimum absolute atomic E-state index is 0.0731. The second kappa shape index (κ2) is 8.01. The molecule has 3 aromatic rings. The molecule has 1 aliphatic heterocycles. The van der Waals surface area contributed by atoms with Crippen LogP contribution in [-0.2, 0) is 11.8 Å². The van der Waals surface area contributed by atoms with Gasteiger partial charge in [-0.25, -0.2) is 0 Å². The normalized spacial score (nSPS) is 14.1. The number of amides is 1. The molecule has 0 bridgehead atoms. The van der Waals surface area contributed by atoms with Crippen molar-refractivity contribution in [3.63, 3.8) is 0 Å². The summed E-state index contributed by atoms with van der Waals surface area (Å²) in [4.78, 5) is 14.5. The predicted molar refractivity (Wildman–Crippen MR) is 114 cm³/mol. The number of fused-ring (bicyclic) bond motifs is 2. The monoisotopic (exact) mass is 391 g/mol. The number of carbonyl (C=O) groups is 1. The third-order valence-corrected chi connectivity index (χ3v) is 5.20. The molecule has 29 heavy (non-hydrogen) atoms. The van der Waals surface area contributed by atoms with Crippen molar-refractivity contribution < 1.29 is 14.3 Å². The summed E-state index contributed by atoms with van der Waals surface area (Å²) in [5, 5.41) is 4.23. The Labute approximate surface area is 170 Å². The average molecular weight is 391 g/mol. The lowest BCUT2D eigenvalue weighted by Gasteiger charge is -2.24. The first kappa shape index (κ1) is 19.1. The van der Waals surface area contributed by atoms with E-state index in [1.807, 2.05) is 51.5 Å². The first-order valence-corrected chi connectivity index (χ1v) is 9.59. The van der Waals surface area contributed by atoms with E-state index in [1.54, 1.807) is 12.2 Å². The number of nitrogens with one attached hydrogen (secondary N) is 1. The fourth-order valence-corrected chi connectivity index (χ4v) is 3.65. The zero-order chi connectivity index (χ0) is 20.4. The molecular formula is C23H25N3O3. The number of hydrogen-bond acceptors (Lipinski definition) is 4. The molecule has 0 fully saturated rings. The maximum Gasteiger partial charge on any atom is 0.244 e. The standard InChI is InChI=1S/C23H25N3O3/c1-25(2)20(18-14-26(3)19-7-5-4-6-17(18)19)13-24-23(27)11-9-16-8-10-21-22(12-16)29-15-28-21/h4-12,14,20H,13,15H2,1-3H3,(H,24,27)/b11-9+/t20-/m0/s1. The summed E-state index contributed by atoms with van der Waals surface area (Å²) in [7, 11) is 6.10. The highest BCUT2D eigenvalue weighted by Crippen LogP contribution is 2.33. The molecule has 6 heteroatoms. The topological polar surface area (TPSA) is 55.7 Å². The Hall–Kier alpha value is -3.25. The van der Waals surface area contributed by atoms with Crippen molar-refractivity contribution in [1.29, 1.82) is 0 Å². The minimum Gasteiger partial charge on any atom is -0.454 e. The number of hydrogen-bond donors (Lipinski definition) is 1. The van der Waals surface area contributed by atoms with Gasteiger partial charge in [0.15, 0.2) is 11.5 Å². The zero-order valence-corrected chi connectivity index (χ0v) is 16.9. The maximum atomic E-state index is 12.4. The molecule has 0 radical (unpaired) electrons. The Kier molecular flexibility index (Phi) is 5.27. The van der Waals surface area contributed by atoms with Gasteiger partial charge >= 0.3 is 0 Å². The average Bonchev–Trinajstić information content (AvgIpc) is 3.31. The molecule has 4 rings (SSSR count). The van der Waals surface area contributed by atoms with E-state index in [0.717, 1.165) is 11.3 Å². The van der Waals surface area contributed by atoms with Crippen molar-refractivity contribution in [2.75, 3.05) is 27.4 Å². The number of benzene rings is 2. The molecule has 1 aliphatic rings. The van der Waals surface area contributed by atoms with Gasteiger partial charge in [-0.05, 0) is 49.5 Å². The number of aromatic nitrogens is 1. The maximum absolute atomic E-state index is 12.4. The molecule has 6 nitrogen and oxygen atoms in total. The van der Waals surface area contributed by atoms with Crippen molar-refractivity contribution in [2.45, 2.75) is 6.04 Å². The molecule has 1 atom stereocenters. The second-order valence-electron chi connectivity index (χ2n) is 7.38. The smallest absolute Gasteiger partial charge is 0.244 e. The van der Waals surface area contributed by atoms with Gasteiger partial charge in [0.05, 0.1) is 6.04 Å². The number of aryl methyl sites for hydroxylation is 1. The summed E-state index contributed by atoms with van der Waals surface area (Å²) < 4.78 is 12.8. The zero-order valence-electron chi connectivity index (χ0n) is 16.9. The number of ether oxygens (including phenoxy) is 2. The van der Waals surface area contributed by atoms with Crippen molar-refractivity contribution >= 4 is 22.9 Å². The van der Waals surface area contributed by atoms with Crippen LogP contribution in [-0.4, -0.2) is 42.8 Å². The summed E-state index contributed by atoms with van der Waals surface area (Å²) >= 11 is 0. The quantitative estimate of drug-likeness (QED) is 0.655. The Morgan fingerprint density at radius 2 is 2.00 bits per heavy atom. The predicted octanol–water partition coefficient (Wildman–Crippen LogP) is 3.34. The molecule has 1 N–H and O–H groups in total. The first-order valence-electron chi connectivity index (χ1n) is 9.59. The van der Waals surface area contributed by atoms with Crippen LogP contribution in [0.2, 0.25) is 0 Å². The van der Waals surface area contributed by atoms with Crippen LogP contribution < -0.4 is 14.8 Å². The van der Waals surface area contributed by atoms with E-state index in [4.69, 9.17) is 9.47 Å². The van der Waals surface area contributed by atoms with Crippen LogP contribution in [0.4, 0.5) is 0 Å². The van der Waals surface area contributed by atoms with Gasteiger partial charge in [-0.3, -0.25) is 4.79 Å². The van der Waals surface area contributed by atoms with Crippen LogP contribution in [0.1, 0.15) is 17.2 Å². The number of rotatable bonds is 6.